The molecule has 8 heteroatoms. The molecule has 3 N–H and O–H groups in total. The van der Waals surface area contributed by atoms with Crippen molar-refractivity contribution in [3.63, 3.8) is 0 Å². The van der Waals surface area contributed by atoms with Gasteiger partial charge in [-0.3, -0.25) is 4.79 Å². The molecule has 0 fully saturated rings. The summed E-state index contributed by atoms with van der Waals surface area (Å²) in [6.07, 6.45) is 1.16. The number of hydrogen-bond acceptors (Lipinski definition) is 4. The lowest BCUT2D eigenvalue weighted by Gasteiger charge is -2.08. The predicted octanol–water partition coefficient (Wildman–Crippen LogP) is 1.23. The van der Waals surface area contributed by atoms with Crippen molar-refractivity contribution in [3.05, 3.63) is 28.7 Å². The molecule has 0 spiro atoms. The summed E-state index contributed by atoms with van der Waals surface area (Å²) in [6, 6.07) is 6.42. The fraction of sp³-hybridized carbons (Fsp3) is 0.500. The van der Waals surface area contributed by atoms with Gasteiger partial charge in [-0.1, -0.05) is 28.9 Å². The molecule has 6 nitrogen and oxygen atoms in total. The SMILES string of the molecule is CCCNCCNC(=O)CCNS(=O)(=O)c1cccc(Br)c1. The summed E-state index contributed by atoms with van der Waals surface area (Å²) < 4.78 is 27.2. The first-order chi connectivity index (χ1) is 10.5. The van der Waals surface area contributed by atoms with Gasteiger partial charge in [-0.15, -0.1) is 0 Å². The van der Waals surface area contributed by atoms with E-state index in [-0.39, 0.29) is 23.8 Å². The fourth-order valence-electron chi connectivity index (χ4n) is 1.70. The average molecular weight is 392 g/mol. The molecule has 1 aromatic carbocycles. The third-order valence-corrected chi connectivity index (χ3v) is 4.75. The number of sulfonamides is 1. The Morgan fingerprint density at radius 2 is 1.95 bits per heavy atom. The molecular formula is C14H22BrN3O3S. The molecule has 0 aromatic heterocycles. The van der Waals surface area contributed by atoms with Crippen molar-refractivity contribution in [2.75, 3.05) is 26.2 Å². The average Bonchev–Trinajstić information content (AvgIpc) is 2.47. The first kappa shape index (κ1) is 19.1. The van der Waals surface area contributed by atoms with Crippen molar-refractivity contribution in [3.8, 4) is 0 Å². The summed E-state index contributed by atoms with van der Waals surface area (Å²) in [6.45, 7) is 4.31. The van der Waals surface area contributed by atoms with Crippen LogP contribution in [-0.2, 0) is 14.8 Å². The molecule has 0 bridgehead atoms. The maximum absolute atomic E-state index is 12.0. The van der Waals surface area contributed by atoms with Crippen LogP contribution in [0.3, 0.4) is 0 Å². The zero-order valence-electron chi connectivity index (χ0n) is 12.6. The summed E-state index contributed by atoms with van der Waals surface area (Å²) in [4.78, 5) is 11.7. The van der Waals surface area contributed by atoms with E-state index in [0.29, 0.717) is 17.6 Å². The van der Waals surface area contributed by atoms with Gasteiger partial charge in [-0.05, 0) is 31.2 Å². The Balaban J connectivity index is 2.29. The van der Waals surface area contributed by atoms with Gasteiger partial charge in [0.1, 0.15) is 0 Å². The smallest absolute Gasteiger partial charge is 0.240 e. The van der Waals surface area contributed by atoms with Crippen LogP contribution in [0.4, 0.5) is 0 Å². The lowest BCUT2D eigenvalue weighted by atomic mass is 10.4. The molecule has 1 amide bonds. The van der Waals surface area contributed by atoms with Gasteiger partial charge in [-0.25, -0.2) is 13.1 Å². The second-order valence-electron chi connectivity index (χ2n) is 4.71. The highest BCUT2D eigenvalue weighted by atomic mass is 79.9. The lowest BCUT2D eigenvalue weighted by molar-refractivity contribution is -0.120. The quantitative estimate of drug-likeness (QED) is 0.523. The largest absolute Gasteiger partial charge is 0.355 e. The van der Waals surface area contributed by atoms with Gasteiger partial charge < -0.3 is 10.6 Å². The van der Waals surface area contributed by atoms with Crippen LogP contribution in [0.15, 0.2) is 33.6 Å². The Morgan fingerprint density at radius 1 is 1.18 bits per heavy atom. The Kier molecular flexibility index (Phi) is 8.62. The van der Waals surface area contributed by atoms with E-state index in [2.05, 4.69) is 38.2 Å². The summed E-state index contributed by atoms with van der Waals surface area (Å²) in [5.74, 6) is -0.171. The number of amides is 1. The van der Waals surface area contributed by atoms with Crippen LogP contribution in [0.25, 0.3) is 0 Å². The van der Waals surface area contributed by atoms with Crippen LogP contribution in [-0.4, -0.2) is 40.5 Å². The monoisotopic (exact) mass is 391 g/mol. The maximum atomic E-state index is 12.0. The van der Waals surface area contributed by atoms with E-state index < -0.39 is 10.0 Å². The molecule has 1 aromatic rings. The molecule has 0 saturated carbocycles. The van der Waals surface area contributed by atoms with E-state index in [4.69, 9.17) is 0 Å². The van der Waals surface area contributed by atoms with E-state index in [9.17, 15) is 13.2 Å². The third-order valence-electron chi connectivity index (χ3n) is 2.80. The summed E-state index contributed by atoms with van der Waals surface area (Å²) in [7, 11) is -3.58. The number of halogens is 1. The molecule has 124 valence electrons. The van der Waals surface area contributed by atoms with Crippen molar-refractivity contribution in [1.82, 2.24) is 15.4 Å². The summed E-state index contributed by atoms with van der Waals surface area (Å²) in [5.41, 5.74) is 0. The van der Waals surface area contributed by atoms with E-state index in [0.717, 1.165) is 13.0 Å². The van der Waals surface area contributed by atoms with Crippen molar-refractivity contribution >= 4 is 31.9 Å². The van der Waals surface area contributed by atoms with Crippen LogP contribution in [0, 0.1) is 0 Å². The summed E-state index contributed by atoms with van der Waals surface area (Å²) >= 11 is 3.23. The summed E-state index contributed by atoms with van der Waals surface area (Å²) in [5, 5.41) is 5.90. The molecular weight excluding hydrogens is 370 g/mol. The van der Waals surface area contributed by atoms with Crippen LogP contribution < -0.4 is 15.4 Å². The fourth-order valence-corrected chi connectivity index (χ4v) is 3.32. The van der Waals surface area contributed by atoms with Crippen LogP contribution >= 0.6 is 15.9 Å². The number of rotatable bonds is 10. The van der Waals surface area contributed by atoms with Crippen LogP contribution in [0.5, 0.6) is 0 Å². The maximum Gasteiger partial charge on any atom is 0.240 e. The zero-order chi connectivity index (χ0) is 16.4. The Hall–Kier alpha value is -0.960. The molecule has 1 rings (SSSR count). The molecule has 0 radical (unpaired) electrons. The second kappa shape index (κ2) is 9.94. The van der Waals surface area contributed by atoms with Crippen molar-refractivity contribution < 1.29 is 13.2 Å². The van der Waals surface area contributed by atoms with Crippen LogP contribution in [0.2, 0.25) is 0 Å². The highest BCUT2D eigenvalue weighted by molar-refractivity contribution is 9.10. The van der Waals surface area contributed by atoms with E-state index in [1.165, 1.54) is 12.1 Å². The van der Waals surface area contributed by atoms with Crippen LogP contribution in [0.1, 0.15) is 19.8 Å². The van der Waals surface area contributed by atoms with E-state index in [1.54, 1.807) is 12.1 Å². The molecule has 0 aliphatic heterocycles. The third kappa shape index (κ3) is 7.35. The minimum Gasteiger partial charge on any atom is -0.355 e. The van der Waals surface area contributed by atoms with Gasteiger partial charge in [-0.2, -0.15) is 0 Å². The Bertz CT molecular complexity index is 578. The second-order valence-corrected chi connectivity index (χ2v) is 7.39. The zero-order valence-corrected chi connectivity index (χ0v) is 15.0. The van der Waals surface area contributed by atoms with Crippen molar-refractivity contribution in [2.24, 2.45) is 0 Å². The van der Waals surface area contributed by atoms with Gasteiger partial charge in [0.15, 0.2) is 0 Å². The molecule has 0 heterocycles. The number of benzene rings is 1. The lowest BCUT2D eigenvalue weighted by Crippen LogP contribution is -2.34. The minimum absolute atomic E-state index is 0.0725. The van der Waals surface area contributed by atoms with E-state index >= 15 is 0 Å². The Morgan fingerprint density at radius 3 is 2.64 bits per heavy atom. The first-order valence-electron chi connectivity index (χ1n) is 7.18. The molecule has 0 aliphatic carbocycles. The molecule has 22 heavy (non-hydrogen) atoms. The van der Waals surface area contributed by atoms with Gasteiger partial charge >= 0.3 is 0 Å². The molecule has 0 saturated heterocycles. The van der Waals surface area contributed by atoms with Gasteiger partial charge in [0, 0.05) is 30.5 Å². The van der Waals surface area contributed by atoms with Gasteiger partial charge in [0.25, 0.3) is 0 Å². The normalized spacial score (nSPS) is 11.4. The first-order valence-corrected chi connectivity index (χ1v) is 9.46. The highest BCUT2D eigenvalue weighted by Crippen LogP contribution is 2.15. The standard InChI is InChI=1S/C14H22BrN3O3S/c1-2-7-16-9-10-17-14(19)6-8-18-22(20,21)13-5-3-4-12(15)11-13/h3-5,11,16,18H,2,6-10H2,1H3,(H,17,19). The van der Waals surface area contributed by atoms with Gasteiger partial charge in [0.2, 0.25) is 15.9 Å². The number of carbonyl (C=O) groups is 1. The number of nitrogens with one attached hydrogen (secondary N) is 3. The Labute approximate surface area is 140 Å². The number of hydrogen-bond donors (Lipinski definition) is 3. The minimum atomic E-state index is -3.58. The van der Waals surface area contributed by atoms with Gasteiger partial charge in [0.05, 0.1) is 4.90 Å². The highest BCUT2D eigenvalue weighted by Gasteiger charge is 2.14. The van der Waals surface area contributed by atoms with Crippen molar-refractivity contribution in [2.45, 2.75) is 24.7 Å². The van der Waals surface area contributed by atoms with E-state index in [1.807, 2.05) is 0 Å². The topological polar surface area (TPSA) is 87.3 Å². The molecule has 0 unspecified atom stereocenters. The number of carbonyl (C=O) groups excluding carboxylic acids is 1. The van der Waals surface area contributed by atoms with Crippen molar-refractivity contribution in [1.29, 1.82) is 0 Å². The molecule has 0 aliphatic rings. The predicted molar refractivity (Wildman–Crippen MR) is 90.1 cm³/mol. The molecule has 0 atom stereocenters.